The zero-order valence-corrected chi connectivity index (χ0v) is 13.9. The third-order valence-corrected chi connectivity index (χ3v) is 4.00. The number of hydrogen-bond acceptors (Lipinski definition) is 5. The van der Waals surface area contributed by atoms with Crippen LogP contribution in [0.4, 0.5) is 4.39 Å². The molecule has 2 aromatic rings. The monoisotopic (exact) mass is 335 g/mol. The van der Waals surface area contributed by atoms with E-state index in [0.717, 1.165) is 23.4 Å². The Bertz CT molecular complexity index is 671. The highest BCUT2D eigenvalue weighted by Crippen LogP contribution is 2.27. The lowest BCUT2D eigenvalue weighted by Crippen LogP contribution is -2.38. The third-order valence-electron chi connectivity index (χ3n) is 4.00. The molecule has 2 heterocycles. The van der Waals surface area contributed by atoms with Gasteiger partial charge >= 0.3 is 0 Å². The van der Waals surface area contributed by atoms with E-state index in [1.54, 1.807) is 12.3 Å². The van der Waals surface area contributed by atoms with Crippen molar-refractivity contribution in [3.05, 3.63) is 35.8 Å². The second-order valence-corrected chi connectivity index (χ2v) is 5.88. The molecule has 1 aromatic carbocycles. The van der Waals surface area contributed by atoms with Crippen LogP contribution in [-0.4, -0.2) is 61.7 Å². The molecule has 1 N–H and O–H groups in total. The fourth-order valence-corrected chi connectivity index (χ4v) is 2.85. The molecule has 0 radical (unpaired) electrons. The van der Waals surface area contributed by atoms with Gasteiger partial charge in [-0.05, 0) is 25.2 Å². The van der Waals surface area contributed by atoms with Crippen LogP contribution in [0.2, 0.25) is 0 Å². The van der Waals surface area contributed by atoms with E-state index in [0.29, 0.717) is 26.4 Å². The van der Waals surface area contributed by atoms with Gasteiger partial charge in [0.2, 0.25) is 0 Å². The van der Waals surface area contributed by atoms with Crippen molar-refractivity contribution in [2.45, 2.75) is 12.6 Å². The van der Waals surface area contributed by atoms with Gasteiger partial charge in [-0.15, -0.1) is 0 Å². The Morgan fingerprint density at radius 1 is 1.42 bits per heavy atom. The minimum atomic E-state index is -0.392. The maximum Gasteiger partial charge on any atom is 0.165 e. The molecule has 0 saturated carbocycles. The predicted molar refractivity (Wildman–Crippen MR) is 87.4 cm³/mol. The van der Waals surface area contributed by atoms with Crippen LogP contribution >= 0.6 is 0 Å². The van der Waals surface area contributed by atoms with E-state index in [-0.39, 0.29) is 11.9 Å². The first kappa shape index (κ1) is 16.9. The maximum absolute atomic E-state index is 13.9. The van der Waals surface area contributed by atoms with Crippen molar-refractivity contribution in [3.63, 3.8) is 0 Å². The molecule has 0 aliphatic carbocycles. The van der Waals surface area contributed by atoms with Gasteiger partial charge < -0.3 is 14.2 Å². The summed E-state index contributed by atoms with van der Waals surface area (Å²) in [5, 5.41) is 7.06. The van der Waals surface area contributed by atoms with Crippen LogP contribution in [0.5, 0.6) is 5.75 Å². The molecule has 1 fully saturated rings. The summed E-state index contributed by atoms with van der Waals surface area (Å²) in [7, 11) is 3.47. The van der Waals surface area contributed by atoms with E-state index >= 15 is 0 Å². The zero-order chi connectivity index (χ0) is 16.9. The smallest absolute Gasteiger partial charge is 0.165 e. The maximum atomic E-state index is 13.9. The van der Waals surface area contributed by atoms with Crippen molar-refractivity contribution in [1.82, 2.24) is 15.1 Å². The van der Waals surface area contributed by atoms with E-state index in [9.17, 15) is 4.39 Å². The molecule has 1 aromatic heterocycles. The van der Waals surface area contributed by atoms with E-state index in [4.69, 9.17) is 14.2 Å². The Balaban J connectivity index is 1.69. The lowest BCUT2D eigenvalue weighted by molar-refractivity contribution is -0.0962. The molecule has 0 amide bonds. The molecule has 0 bridgehead atoms. The van der Waals surface area contributed by atoms with Crippen molar-refractivity contribution < 1.29 is 18.6 Å². The molecule has 1 saturated heterocycles. The number of aromatic amines is 1. The standard InChI is InChI=1S/C17H22FN3O3/c1-21(10-14-11-23-5-6-24-14)9-13-8-19-20-17(13)12-3-4-16(22-2)15(18)7-12/h3-4,7-8,14H,5-6,9-11H2,1-2H3,(H,19,20). The number of halogens is 1. The Labute approximate surface area is 140 Å². The van der Waals surface area contributed by atoms with E-state index in [1.165, 1.54) is 13.2 Å². The van der Waals surface area contributed by atoms with Crippen LogP contribution in [-0.2, 0) is 16.0 Å². The third kappa shape index (κ3) is 3.92. The first-order chi connectivity index (χ1) is 11.7. The summed E-state index contributed by atoms with van der Waals surface area (Å²) in [5.74, 6) is -0.164. The van der Waals surface area contributed by atoms with Crippen molar-refractivity contribution in [3.8, 4) is 17.0 Å². The quantitative estimate of drug-likeness (QED) is 0.876. The Morgan fingerprint density at radius 2 is 2.29 bits per heavy atom. The normalized spacial score (nSPS) is 18.1. The number of aromatic nitrogens is 2. The number of hydrogen-bond donors (Lipinski definition) is 1. The molecule has 24 heavy (non-hydrogen) atoms. The average molecular weight is 335 g/mol. The van der Waals surface area contributed by atoms with Crippen molar-refractivity contribution in [2.24, 2.45) is 0 Å². The second kappa shape index (κ2) is 7.74. The molecule has 130 valence electrons. The minimum absolute atomic E-state index is 0.0810. The molecular formula is C17H22FN3O3. The summed E-state index contributed by atoms with van der Waals surface area (Å²) >= 11 is 0. The van der Waals surface area contributed by atoms with Gasteiger partial charge in [-0.25, -0.2) is 4.39 Å². The minimum Gasteiger partial charge on any atom is -0.494 e. The molecule has 6 nitrogen and oxygen atoms in total. The number of rotatable bonds is 6. The average Bonchev–Trinajstić information content (AvgIpc) is 3.03. The molecule has 1 aliphatic rings. The Morgan fingerprint density at radius 3 is 3.00 bits per heavy atom. The van der Waals surface area contributed by atoms with Gasteiger partial charge in [0.25, 0.3) is 0 Å². The van der Waals surface area contributed by atoms with Crippen LogP contribution in [0, 0.1) is 5.82 Å². The van der Waals surface area contributed by atoms with Crippen LogP contribution in [0.3, 0.4) is 0 Å². The number of nitrogens with one attached hydrogen (secondary N) is 1. The largest absolute Gasteiger partial charge is 0.494 e. The van der Waals surface area contributed by atoms with Gasteiger partial charge in [0, 0.05) is 24.2 Å². The van der Waals surface area contributed by atoms with Crippen LogP contribution < -0.4 is 4.74 Å². The fourth-order valence-electron chi connectivity index (χ4n) is 2.85. The molecule has 1 atom stereocenters. The number of H-pyrrole nitrogens is 1. The molecule has 1 unspecified atom stereocenters. The Kier molecular flexibility index (Phi) is 5.44. The highest BCUT2D eigenvalue weighted by atomic mass is 19.1. The van der Waals surface area contributed by atoms with Gasteiger partial charge in [-0.3, -0.25) is 10.00 Å². The second-order valence-electron chi connectivity index (χ2n) is 5.88. The predicted octanol–water partition coefficient (Wildman–Crippen LogP) is 2.07. The number of methoxy groups -OCH3 is 1. The van der Waals surface area contributed by atoms with E-state index in [1.807, 2.05) is 13.1 Å². The van der Waals surface area contributed by atoms with Gasteiger partial charge in [-0.1, -0.05) is 0 Å². The topological polar surface area (TPSA) is 59.6 Å². The van der Waals surface area contributed by atoms with E-state index in [2.05, 4.69) is 15.1 Å². The summed E-state index contributed by atoms with van der Waals surface area (Å²) in [6, 6.07) is 4.89. The van der Waals surface area contributed by atoms with Gasteiger partial charge in [-0.2, -0.15) is 5.10 Å². The molecule has 7 heteroatoms. The highest BCUT2D eigenvalue weighted by molar-refractivity contribution is 5.63. The SMILES string of the molecule is COc1ccc(-c2[nH]ncc2CN(C)CC2COCCO2)cc1F. The first-order valence-electron chi connectivity index (χ1n) is 7.91. The first-order valence-corrected chi connectivity index (χ1v) is 7.91. The summed E-state index contributed by atoms with van der Waals surface area (Å²) in [4.78, 5) is 2.15. The summed E-state index contributed by atoms with van der Waals surface area (Å²) in [6.07, 6.45) is 1.85. The van der Waals surface area contributed by atoms with Crippen LogP contribution in [0.1, 0.15) is 5.56 Å². The zero-order valence-electron chi connectivity index (χ0n) is 13.9. The summed E-state index contributed by atoms with van der Waals surface area (Å²) < 4.78 is 30.0. The van der Waals surface area contributed by atoms with Crippen molar-refractivity contribution in [1.29, 1.82) is 0 Å². The number of likely N-dealkylation sites (N-methyl/N-ethyl adjacent to an activating group) is 1. The molecule has 3 rings (SSSR count). The lowest BCUT2D eigenvalue weighted by Gasteiger charge is -2.27. The molecule has 1 aliphatic heterocycles. The Hall–Kier alpha value is -1.96. The summed E-state index contributed by atoms with van der Waals surface area (Å²) in [5.41, 5.74) is 2.55. The van der Waals surface area contributed by atoms with Gasteiger partial charge in [0.15, 0.2) is 11.6 Å². The molecule has 0 spiro atoms. The van der Waals surface area contributed by atoms with Crippen LogP contribution in [0.15, 0.2) is 24.4 Å². The number of ether oxygens (including phenoxy) is 3. The fraction of sp³-hybridized carbons (Fsp3) is 0.471. The van der Waals surface area contributed by atoms with Gasteiger partial charge in [0.05, 0.1) is 44.9 Å². The van der Waals surface area contributed by atoms with Crippen molar-refractivity contribution >= 4 is 0 Å². The number of nitrogens with zero attached hydrogens (tertiary/aromatic N) is 2. The lowest BCUT2D eigenvalue weighted by atomic mass is 10.1. The van der Waals surface area contributed by atoms with E-state index < -0.39 is 5.82 Å². The summed E-state index contributed by atoms with van der Waals surface area (Å²) in [6.45, 7) is 3.36. The van der Waals surface area contributed by atoms with Crippen molar-refractivity contribution in [2.75, 3.05) is 40.5 Å². The number of benzene rings is 1. The van der Waals surface area contributed by atoms with Crippen LogP contribution in [0.25, 0.3) is 11.3 Å². The van der Waals surface area contributed by atoms with Gasteiger partial charge in [0.1, 0.15) is 0 Å². The highest BCUT2D eigenvalue weighted by Gasteiger charge is 2.18. The molecular weight excluding hydrogens is 313 g/mol.